The number of ether oxygens (including phenoxy) is 2. The first-order valence-corrected chi connectivity index (χ1v) is 7.09. The van der Waals surface area contributed by atoms with Crippen LogP contribution in [0.25, 0.3) is 0 Å². The molecule has 1 saturated heterocycles. The Balaban J connectivity index is 0.00000264. The van der Waals surface area contributed by atoms with E-state index in [1.165, 1.54) is 0 Å². The first-order chi connectivity index (χ1) is 10.4. The van der Waals surface area contributed by atoms with Crippen molar-refractivity contribution in [2.24, 2.45) is 0 Å². The van der Waals surface area contributed by atoms with E-state index in [2.05, 4.69) is 10.6 Å². The number of carbonyl (C=O) groups excluding carboxylic acids is 1. The van der Waals surface area contributed by atoms with Gasteiger partial charge in [-0.2, -0.15) is 0 Å². The van der Waals surface area contributed by atoms with E-state index in [4.69, 9.17) is 9.47 Å². The van der Waals surface area contributed by atoms with Crippen LogP contribution in [0.4, 0.5) is 8.78 Å². The highest BCUT2D eigenvalue weighted by atomic mass is 35.5. The second-order valence-corrected chi connectivity index (χ2v) is 5.34. The topological polar surface area (TPSA) is 59.6 Å². The second-order valence-electron chi connectivity index (χ2n) is 5.34. The molecule has 1 aliphatic rings. The van der Waals surface area contributed by atoms with Gasteiger partial charge >= 0.3 is 0 Å². The molecule has 1 aromatic carbocycles. The van der Waals surface area contributed by atoms with Crippen LogP contribution in [0.1, 0.15) is 13.3 Å². The molecule has 0 aromatic heterocycles. The summed E-state index contributed by atoms with van der Waals surface area (Å²) in [6.45, 7) is 1.58. The van der Waals surface area contributed by atoms with Gasteiger partial charge in [0, 0.05) is 6.42 Å². The number of carbonyl (C=O) groups is 1. The minimum absolute atomic E-state index is 0. The standard InChI is InChI=1S/C15H20F2N2O3.ClH/c1-10(22-12-5-3-11(21-2)4-6-12)8-18-14(20)13-7-15(16,17)9-19-13;/h3-6,10,13,19H,7-9H2,1-2H3,(H,18,20);1H. The maximum atomic E-state index is 13.0. The highest BCUT2D eigenvalue weighted by Crippen LogP contribution is 2.25. The van der Waals surface area contributed by atoms with Gasteiger partial charge in [-0.25, -0.2) is 8.78 Å². The number of alkyl halides is 2. The zero-order valence-corrected chi connectivity index (χ0v) is 13.8. The molecule has 0 aliphatic carbocycles. The van der Waals surface area contributed by atoms with Crippen molar-refractivity contribution in [2.45, 2.75) is 31.4 Å². The highest BCUT2D eigenvalue weighted by molar-refractivity contribution is 5.85. The summed E-state index contributed by atoms with van der Waals surface area (Å²) >= 11 is 0. The lowest BCUT2D eigenvalue weighted by Gasteiger charge is -2.17. The zero-order chi connectivity index (χ0) is 16.2. The number of hydrogen-bond acceptors (Lipinski definition) is 4. The number of benzene rings is 1. The molecular formula is C15H21ClF2N2O3. The third-order valence-corrected chi connectivity index (χ3v) is 3.39. The SMILES string of the molecule is COc1ccc(OC(C)CNC(=O)C2CC(F)(F)CN2)cc1.Cl. The van der Waals surface area contributed by atoms with E-state index in [-0.39, 0.29) is 25.1 Å². The number of amides is 1. The first-order valence-electron chi connectivity index (χ1n) is 7.09. The van der Waals surface area contributed by atoms with E-state index in [0.29, 0.717) is 5.75 Å². The van der Waals surface area contributed by atoms with Crippen LogP contribution < -0.4 is 20.1 Å². The molecule has 5 nitrogen and oxygen atoms in total. The molecule has 1 heterocycles. The lowest BCUT2D eigenvalue weighted by molar-refractivity contribution is -0.123. The minimum atomic E-state index is -2.81. The Bertz CT molecular complexity index is 514. The molecule has 1 aromatic rings. The average Bonchev–Trinajstić information content (AvgIpc) is 2.86. The molecule has 23 heavy (non-hydrogen) atoms. The third kappa shape index (κ3) is 5.84. The molecule has 2 rings (SSSR count). The molecule has 0 radical (unpaired) electrons. The minimum Gasteiger partial charge on any atom is -0.497 e. The van der Waals surface area contributed by atoms with Crippen molar-refractivity contribution in [3.05, 3.63) is 24.3 Å². The smallest absolute Gasteiger partial charge is 0.262 e. The van der Waals surface area contributed by atoms with Gasteiger partial charge in [-0.3, -0.25) is 10.1 Å². The maximum Gasteiger partial charge on any atom is 0.262 e. The maximum absolute atomic E-state index is 13.0. The van der Waals surface area contributed by atoms with Gasteiger partial charge in [0.25, 0.3) is 5.92 Å². The van der Waals surface area contributed by atoms with Crippen molar-refractivity contribution < 1.29 is 23.0 Å². The molecule has 1 aliphatic heterocycles. The van der Waals surface area contributed by atoms with Crippen molar-refractivity contribution in [1.82, 2.24) is 10.6 Å². The number of nitrogens with one attached hydrogen (secondary N) is 2. The lowest BCUT2D eigenvalue weighted by Crippen LogP contribution is -2.43. The fourth-order valence-electron chi connectivity index (χ4n) is 2.20. The van der Waals surface area contributed by atoms with Crippen molar-refractivity contribution in [2.75, 3.05) is 20.2 Å². The molecule has 0 bridgehead atoms. The Morgan fingerprint density at radius 1 is 1.39 bits per heavy atom. The van der Waals surface area contributed by atoms with E-state index in [1.54, 1.807) is 38.3 Å². The van der Waals surface area contributed by atoms with Crippen LogP contribution in [-0.4, -0.2) is 44.2 Å². The summed E-state index contributed by atoms with van der Waals surface area (Å²) in [7, 11) is 1.58. The van der Waals surface area contributed by atoms with Gasteiger partial charge in [0.05, 0.1) is 26.2 Å². The van der Waals surface area contributed by atoms with Crippen molar-refractivity contribution >= 4 is 18.3 Å². The van der Waals surface area contributed by atoms with Crippen LogP contribution in [0.15, 0.2) is 24.3 Å². The van der Waals surface area contributed by atoms with Crippen LogP contribution >= 0.6 is 12.4 Å². The number of hydrogen-bond donors (Lipinski definition) is 2. The van der Waals surface area contributed by atoms with Crippen LogP contribution in [0.2, 0.25) is 0 Å². The Labute approximate surface area is 140 Å². The average molecular weight is 351 g/mol. The number of rotatable bonds is 6. The normalized spacial score (nSPS) is 20.3. The summed E-state index contributed by atoms with van der Waals surface area (Å²) in [4.78, 5) is 11.8. The first kappa shape index (κ1) is 19.4. The Morgan fingerprint density at radius 2 is 2.00 bits per heavy atom. The fraction of sp³-hybridized carbons (Fsp3) is 0.533. The van der Waals surface area contributed by atoms with E-state index >= 15 is 0 Å². The van der Waals surface area contributed by atoms with Gasteiger partial charge in [0.2, 0.25) is 5.91 Å². The molecule has 8 heteroatoms. The largest absolute Gasteiger partial charge is 0.497 e. The van der Waals surface area contributed by atoms with Crippen molar-refractivity contribution in [3.63, 3.8) is 0 Å². The molecule has 2 N–H and O–H groups in total. The predicted molar refractivity (Wildman–Crippen MR) is 84.7 cm³/mol. The summed E-state index contributed by atoms with van der Waals surface area (Å²) in [6.07, 6.45) is -0.744. The van der Waals surface area contributed by atoms with E-state index in [9.17, 15) is 13.6 Å². The molecule has 2 atom stereocenters. The van der Waals surface area contributed by atoms with Gasteiger partial charge in [-0.15, -0.1) is 12.4 Å². The number of halogens is 3. The second kappa shape index (κ2) is 8.31. The summed E-state index contributed by atoms with van der Waals surface area (Å²) in [5.41, 5.74) is 0. The highest BCUT2D eigenvalue weighted by Gasteiger charge is 2.42. The molecule has 130 valence electrons. The molecular weight excluding hydrogens is 330 g/mol. The third-order valence-electron chi connectivity index (χ3n) is 3.39. The zero-order valence-electron chi connectivity index (χ0n) is 13.0. The Morgan fingerprint density at radius 3 is 2.52 bits per heavy atom. The van der Waals surface area contributed by atoms with Crippen LogP contribution in [0.5, 0.6) is 11.5 Å². The summed E-state index contributed by atoms with van der Waals surface area (Å²) in [6, 6.07) is 6.21. The predicted octanol–water partition coefficient (Wildman–Crippen LogP) is 2.00. The Hall–Kier alpha value is -1.60. The molecule has 1 amide bonds. The van der Waals surface area contributed by atoms with Gasteiger partial charge < -0.3 is 14.8 Å². The quantitative estimate of drug-likeness (QED) is 0.824. The Kier molecular flexibility index (Phi) is 7.02. The van der Waals surface area contributed by atoms with Crippen LogP contribution in [-0.2, 0) is 4.79 Å². The fourth-order valence-corrected chi connectivity index (χ4v) is 2.20. The van der Waals surface area contributed by atoms with Crippen molar-refractivity contribution in [1.29, 1.82) is 0 Å². The van der Waals surface area contributed by atoms with Gasteiger partial charge in [0.15, 0.2) is 0 Å². The van der Waals surface area contributed by atoms with Crippen LogP contribution in [0, 0.1) is 0 Å². The van der Waals surface area contributed by atoms with E-state index in [1.807, 2.05) is 0 Å². The summed E-state index contributed by atoms with van der Waals surface area (Å²) < 4.78 is 36.7. The van der Waals surface area contributed by atoms with E-state index < -0.39 is 30.8 Å². The van der Waals surface area contributed by atoms with Gasteiger partial charge in [-0.05, 0) is 31.2 Å². The van der Waals surface area contributed by atoms with E-state index in [0.717, 1.165) is 5.75 Å². The van der Waals surface area contributed by atoms with Crippen molar-refractivity contribution in [3.8, 4) is 11.5 Å². The van der Waals surface area contributed by atoms with Crippen LogP contribution in [0.3, 0.4) is 0 Å². The molecule has 0 spiro atoms. The molecule has 2 unspecified atom stereocenters. The molecule has 1 fully saturated rings. The summed E-state index contributed by atoms with van der Waals surface area (Å²) in [5, 5.41) is 5.14. The van der Waals surface area contributed by atoms with Gasteiger partial charge in [0.1, 0.15) is 17.6 Å². The monoisotopic (exact) mass is 350 g/mol. The summed E-state index contributed by atoms with van der Waals surface area (Å²) in [5.74, 6) is -1.87. The molecule has 0 saturated carbocycles. The lowest BCUT2D eigenvalue weighted by atomic mass is 10.2. The number of methoxy groups -OCH3 is 1. The van der Waals surface area contributed by atoms with Gasteiger partial charge in [-0.1, -0.05) is 0 Å².